The fourth-order valence-corrected chi connectivity index (χ4v) is 11.7. The molecule has 1 saturated heterocycles. The van der Waals surface area contributed by atoms with Crippen molar-refractivity contribution in [3.8, 4) is 0 Å². The summed E-state index contributed by atoms with van der Waals surface area (Å²) in [6.07, 6.45) is -5.68. The summed E-state index contributed by atoms with van der Waals surface area (Å²) < 4.78 is 34.6. The summed E-state index contributed by atoms with van der Waals surface area (Å²) in [5.41, 5.74) is -9.41. The summed E-state index contributed by atoms with van der Waals surface area (Å²) in [7, 11) is 0. The van der Waals surface area contributed by atoms with Gasteiger partial charge >= 0.3 is 23.9 Å². The Hall–Kier alpha value is -4.55. The minimum absolute atomic E-state index is 0.0606. The van der Waals surface area contributed by atoms with Gasteiger partial charge < -0.3 is 48.7 Å². The molecule has 324 valence electrons. The number of nitrogens with one attached hydrogen (secondary N) is 1. The fourth-order valence-electron chi connectivity index (χ4n) is 10.9. The topological polar surface area (TPSA) is 234 Å². The number of aliphatic hydroxyl groups is 3. The van der Waals surface area contributed by atoms with Crippen molar-refractivity contribution in [1.82, 2.24) is 5.32 Å². The summed E-state index contributed by atoms with van der Waals surface area (Å²) >= 11 is 0.982. The van der Waals surface area contributed by atoms with Crippen LogP contribution in [0.5, 0.6) is 0 Å². The van der Waals surface area contributed by atoms with Crippen molar-refractivity contribution < 1.29 is 72.2 Å². The Morgan fingerprint density at radius 3 is 2.35 bits per heavy atom. The average molecular weight is 855 g/mol. The number of ether oxygens (including phenoxy) is 5. The summed E-state index contributed by atoms with van der Waals surface area (Å²) in [6, 6.07) is 9.66. The number of esters is 4. The van der Waals surface area contributed by atoms with Crippen molar-refractivity contribution in [2.75, 3.05) is 12.4 Å². The maximum atomic E-state index is 15.4. The number of furan rings is 1. The standard InChI is InChI=1S/C43H51NO15S/c1-7-8-17-60-38(52)44-31(26-15-12-16-54-26)32(48)36(51)57-27-19-43(53)39(5)20-42(43,59-35(50)25-13-10-9-11-14-25)37-40(6,34(49)33(56-23(3)45)30(39)22(27)2)28(47)18-29-41(37,21-55-29)58-24(4)46/h9-16,27-29,31-33,37,47-48,53H,7-8,17-21H2,1-6H3,(H,44,52)/p+1/t27-,28-,29+,31-,32+,33+,37-,39?,40-,41-,42+,43-/m0/s1. The highest BCUT2D eigenvalue weighted by Gasteiger charge is 2.89. The summed E-state index contributed by atoms with van der Waals surface area (Å²) in [6.45, 7) is 8.53. The molecule has 17 heteroatoms. The molecule has 16 nitrogen and oxygen atoms in total. The first kappa shape index (κ1) is 43.5. The minimum Gasteiger partial charge on any atom is -0.553 e. The van der Waals surface area contributed by atoms with Crippen LogP contribution in [0.4, 0.5) is 4.79 Å². The van der Waals surface area contributed by atoms with Gasteiger partial charge in [-0.3, -0.25) is 19.2 Å². The fraction of sp³-hybridized carbons (Fsp3) is 0.581. The molecular formula is C43H52NO15S+. The predicted octanol–water partition coefficient (Wildman–Crippen LogP) is 4.01. The number of rotatable bonds is 12. The van der Waals surface area contributed by atoms with E-state index in [1.165, 1.54) is 31.4 Å². The van der Waals surface area contributed by atoms with Crippen molar-refractivity contribution in [3.63, 3.8) is 0 Å². The first-order chi connectivity index (χ1) is 28.3. The zero-order chi connectivity index (χ0) is 43.6. The third-order valence-electron chi connectivity index (χ3n) is 13.6. The third kappa shape index (κ3) is 6.50. The molecule has 4 saturated carbocycles. The number of aliphatic hydroxyl groups excluding tert-OH is 2. The number of amides is 1. The molecule has 1 aliphatic heterocycles. The molecule has 1 aromatic heterocycles. The van der Waals surface area contributed by atoms with E-state index in [0.29, 0.717) is 5.75 Å². The maximum Gasteiger partial charge on any atom is 0.338 e. The Kier molecular flexibility index (Phi) is 11.4. The number of carbonyl (C=O) groups excluding carboxylic acids is 6. The van der Waals surface area contributed by atoms with Gasteiger partial charge in [0.25, 0.3) is 11.0 Å². The van der Waals surface area contributed by atoms with E-state index in [4.69, 9.17) is 23.7 Å². The molecule has 5 N–H and O–H groups in total. The van der Waals surface area contributed by atoms with Gasteiger partial charge in [0.1, 0.15) is 17.8 Å². The number of unbranched alkanes of at least 4 members (excludes halogenated alkanes) is 1. The zero-order valence-electron chi connectivity index (χ0n) is 34.3. The molecule has 5 fully saturated rings. The van der Waals surface area contributed by atoms with E-state index in [9.17, 15) is 39.3 Å². The monoisotopic (exact) mass is 854 g/mol. The molecule has 0 radical (unpaired) electrons. The molecule has 2 heterocycles. The van der Waals surface area contributed by atoms with Crippen LogP contribution in [-0.2, 0) is 42.9 Å². The molecule has 1 unspecified atom stereocenters. The Morgan fingerprint density at radius 1 is 1.03 bits per heavy atom. The maximum absolute atomic E-state index is 15.4. The van der Waals surface area contributed by atoms with Gasteiger partial charge in [-0.15, -0.1) is 0 Å². The van der Waals surface area contributed by atoms with Crippen LogP contribution in [0.2, 0.25) is 0 Å². The Morgan fingerprint density at radius 2 is 1.75 bits per heavy atom. The van der Waals surface area contributed by atoms with E-state index in [0.717, 1.165) is 38.5 Å². The van der Waals surface area contributed by atoms with Gasteiger partial charge in [-0.1, -0.05) is 50.2 Å². The number of thioether (sulfide) groups is 1. The van der Waals surface area contributed by atoms with Crippen LogP contribution in [0.3, 0.4) is 0 Å². The molecule has 1 aromatic carbocycles. The van der Waals surface area contributed by atoms with Crippen molar-refractivity contribution in [2.45, 2.75) is 127 Å². The molecule has 0 spiro atoms. The smallest absolute Gasteiger partial charge is 0.338 e. The Balaban J connectivity index is 1.38. The first-order valence-corrected chi connectivity index (χ1v) is 21.1. The Bertz CT molecular complexity index is 2090. The number of Topliss-reactive ketones (excluding diaryl/α,β-unsaturated/α-hetero) is 1. The lowest BCUT2D eigenvalue weighted by molar-refractivity contribution is -0.403. The highest BCUT2D eigenvalue weighted by Crippen LogP contribution is 2.76. The van der Waals surface area contributed by atoms with Crippen LogP contribution in [-0.4, -0.2) is 110 Å². The van der Waals surface area contributed by atoms with Crippen molar-refractivity contribution in [2.24, 2.45) is 16.7 Å². The quantitative estimate of drug-likeness (QED) is 0.0777. The second kappa shape index (κ2) is 15.7. The van der Waals surface area contributed by atoms with E-state index in [2.05, 4.69) is 9.73 Å². The lowest BCUT2D eigenvalue weighted by Crippen LogP contribution is -2.91. The lowest BCUT2D eigenvalue weighted by Gasteiger charge is -2.77. The lowest BCUT2D eigenvalue weighted by atomic mass is 9.31. The second-order valence-electron chi connectivity index (χ2n) is 17.0. The molecule has 4 bridgehead atoms. The summed E-state index contributed by atoms with van der Waals surface area (Å²) in [5, 5.41) is 39.5. The normalized spacial score (nSPS) is 36.0. The molecule has 8 rings (SSSR count). The van der Waals surface area contributed by atoms with E-state index in [1.807, 2.05) is 6.92 Å². The Labute approximate surface area is 350 Å². The molecule has 6 aliphatic rings. The average Bonchev–Trinajstić information content (AvgIpc) is 3.73. The number of benzene rings is 1. The van der Waals surface area contributed by atoms with Gasteiger partial charge in [0.05, 0.1) is 29.6 Å². The molecule has 60 heavy (non-hydrogen) atoms. The second-order valence-corrected chi connectivity index (χ2v) is 18.1. The first-order valence-electron chi connectivity index (χ1n) is 20.1. The predicted molar refractivity (Wildman–Crippen MR) is 211 cm³/mol. The number of hydrogen-bond donors (Lipinski definition) is 4. The van der Waals surface area contributed by atoms with Gasteiger partial charge in [-0.05, 0) is 43.5 Å². The summed E-state index contributed by atoms with van der Waals surface area (Å²) in [5.74, 6) is -5.44. The van der Waals surface area contributed by atoms with Crippen LogP contribution in [0.25, 0.3) is 0 Å². The molecule has 2 aromatic rings. The van der Waals surface area contributed by atoms with Crippen molar-refractivity contribution in [3.05, 3.63) is 71.2 Å². The van der Waals surface area contributed by atoms with Gasteiger partial charge in [0.2, 0.25) is 6.26 Å². The van der Waals surface area contributed by atoms with Gasteiger partial charge in [0, 0.05) is 56.4 Å². The molecule has 1 amide bonds. The molecule has 12 atom stereocenters. The summed E-state index contributed by atoms with van der Waals surface area (Å²) in [4.78, 5) is 82.8. The van der Waals surface area contributed by atoms with E-state index in [1.54, 1.807) is 38.1 Å². The van der Waals surface area contributed by atoms with Crippen LogP contribution < -0.4 is 5.32 Å². The SMILES string of the molecule is CCCCSC(=O)N[C@@H](c1ccc[oH+]1)[C@@H](O)C(=O)O[C@H]1C[C@]2(O)C3(C)C[C@@]2(OC(=O)c2ccccc2)[C@@H]2[C@]4(OC(C)=O)CO[C@@H]4C[C@H](O)[C@@]2(C)C(=O)[C@H](OC(C)=O)C3=C1C. The zero-order valence-corrected chi connectivity index (χ0v) is 35.1. The number of carbonyl (C=O) groups is 6. The van der Waals surface area contributed by atoms with E-state index >= 15 is 4.79 Å². The molecular weight excluding hydrogens is 803 g/mol. The number of ketones is 1. The van der Waals surface area contributed by atoms with E-state index < -0.39 is 111 Å². The van der Waals surface area contributed by atoms with Gasteiger partial charge in [0.15, 0.2) is 35.2 Å². The van der Waals surface area contributed by atoms with Crippen molar-refractivity contribution >= 4 is 46.7 Å². The minimum atomic E-state index is -2.30. The highest BCUT2D eigenvalue weighted by molar-refractivity contribution is 8.13. The number of fused-ring (bicyclic) bond motifs is 2. The van der Waals surface area contributed by atoms with Gasteiger partial charge in [-0.25, -0.2) is 9.59 Å². The van der Waals surface area contributed by atoms with Crippen LogP contribution in [0, 0.1) is 16.7 Å². The largest absolute Gasteiger partial charge is 0.553 e. The van der Waals surface area contributed by atoms with Crippen LogP contribution >= 0.6 is 11.8 Å². The van der Waals surface area contributed by atoms with Crippen LogP contribution in [0.15, 0.2) is 64.3 Å². The third-order valence-corrected chi connectivity index (χ3v) is 14.5. The van der Waals surface area contributed by atoms with Crippen molar-refractivity contribution in [1.29, 1.82) is 0 Å². The molecule has 5 aliphatic carbocycles. The van der Waals surface area contributed by atoms with E-state index in [-0.39, 0.29) is 41.9 Å². The van der Waals surface area contributed by atoms with Gasteiger partial charge in [-0.2, -0.15) is 0 Å². The highest BCUT2D eigenvalue weighted by atomic mass is 32.2. The van der Waals surface area contributed by atoms with Crippen LogP contribution in [0.1, 0.15) is 95.8 Å². The number of hydrogen-bond acceptors (Lipinski definition) is 15.